The second kappa shape index (κ2) is 5.99. The maximum Gasteiger partial charge on any atom is 0.0645 e. The largest absolute Gasteiger partial charge is 0.381 e. The lowest BCUT2D eigenvalue weighted by Gasteiger charge is -2.22. The molecule has 1 aliphatic rings. The van der Waals surface area contributed by atoms with Gasteiger partial charge in [0.2, 0.25) is 0 Å². The van der Waals surface area contributed by atoms with E-state index in [2.05, 4.69) is 28.7 Å². The topological polar surface area (TPSA) is 39.1 Å². The zero-order chi connectivity index (χ0) is 12.9. The number of benzene rings is 1. The van der Waals surface area contributed by atoms with Gasteiger partial charge in [-0.25, -0.2) is 4.68 Å². The van der Waals surface area contributed by atoms with Crippen LogP contribution in [0.4, 0.5) is 0 Å². The number of nitrogens with one attached hydrogen (secondary N) is 1. The Morgan fingerprint density at radius 1 is 1.21 bits per heavy atom. The third-order valence-corrected chi connectivity index (χ3v) is 3.47. The fourth-order valence-electron chi connectivity index (χ4n) is 2.34. The number of hydrogen-bond acceptors (Lipinski definition) is 3. The van der Waals surface area contributed by atoms with Gasteiger partial charge in [0, 0.05) is 37.6 Å². The summed E-state index contributed by atoms with van der Waals surface area (Å²) in [4.78, 5) is 0. The van der Waals surface area contributed by atoms with Crippen LogP contribution in [0.1, 0.15) is 18.4 Å². The van der Waals surface area contributed by atoms with E-state index in [0.29, 0.717) is 6.04 Å². The Bertz CT molecular complexity index is 503. The molecular formula is C15H19N3O. The highest BCUT2D eigenvalue weighted by Gasteiger charge is 2.13. The summed E-state index contributed by atoms with van der Waals surface area (Å²) in [6.45, 7) is 2.62. The minimum absolute atomic E-state index is 0.578. The van der Waals surface area contributed by atoms with Crippen LogP contribution in [0.15, 0.2) is 42.7 Å². The summed E-state index contributed by atoms with van der Waals surface area (Å²) in [5, 5.41) is 7.97. The van der Waals surface area contributed by atoms with E-state index in [1.165, 1.54) is 5.56 Å². The van der Waals surface area contributed by atoms with Gasteiger partial charge in [-0.1, -0.05) is 18.2 Å². The summed E-state index contributed by atoms with van der Waals surface area (Å²) in [5.41, 5.74) is 2.31. The summed E-state index contributed by atoms with van der Waals surface area (Å²) in [7, 11) is 0. The molecule has 2 aromatic rings. The van der Waals surface area contributed by atoms with E-state index >= 15 is 0 Å². The molecule has 19 heavy (non-hydrogen) atoms. The third kappa shape index (κ3) is 3.22. The predicted octanol–water partition coefficient (Wildman–Crippen LogP) is 2.14. The fraction of sp³-hybridized carbons (Fsp3) is 0.400. The van der Waals surface area contributed by atoms with Crippen LogP contribution in [-0.2, 0) is 11.3 Å². The molecule has 0 radical (unpaired) electrons. The quantitative estimate of drug-likeness (QED) is 0.912. The number of ether oxygens (including phenoxy) is 1. The van der Waals surface area contributed by atoms with Gasteiger partial charge in [-0.3, -0.25) is 0 Å². The molecule has 0 spiro atoms. The molecule has 1 aromatic carbocycles. The first-order chi connectivity index (χ1) is 9.42. The van der Waals surface area contributed by atoms with E-state index in [1.807, 2.05) is 29.1 Å². The molecule has 1 aromatic heterocycles. The summed E-state index contributed by atoms with van der Waals surface area (Å²) in [6, 6.07) is 10.8. The summed E-state index contributed by atoms with van der Waals surface area (Å²) in [5.74, 6) is 0. The molecule has 0 aliphatic carbocycles. The van der Waals surface area contributed by atoms with Crippen molar-refractivity contribution >= 4 is 0 Å². The van der Waals surface area contributed by atoms with Gasteiger partial charge in [0.1, 0.15) is 0 Å². The van der Waals surface area contributed by atoms with E-state index in [4.69, 9.17) is 4.74 Å². The highest BCUT2D eigenvalue weighted by Crippen LogP contribution is 2.10. The van der Waals surface area contributed by atoms with Crippen molar-refractivity contribution in [2.24, 2.45) is 0 Å². The highest BCUT2D eigenvalue weighted by molar-refractivity contribution is 5.30. The molecule has 3 rings (SSSR count). The molecule has 1 aliphatic heterocycles. The highest BCUT2D eigenvalue weighted by atomic mass is 16.5. The molecular weight excluding hydrogens is 238 g/mol. The maximum absolute atomic E-state index is 5.36. The molecule has 4 heteroatoms. The number of para-hydroxylation sites is 1. The van der Waals surface area contributed by atoms with Gasteiger partial charge < -0.3 is 10.1 Å². The van der Waals surface area contributed by atoms with Crippen molar-refractivity contribution in [3.8, 4) is 5.69 Å². The van der Waals surface area contributed by atoms with Crippen LogP contribution < -0.4 is 5.32 Å². The summed E-state index contributed by atoms with van der Waals surface area (Å²) in [6.07, 6.45) is 6.22. The SMILES string of the molecule is c1ccc(-n2cc(CNC3CCOCC3)cn2)cc1. The van der Waals surface area contributed by atoms with Crippen molar-refractivity contribution in [2.75, 3.05) is 13.2 Å². The molecule has 4 nitrogen and oxygen atoms in total. The van der Waals surface area contributed by atoms with E-state index in [1.54, 1.807) is 0 Å². The molecule has 1 N–H and O–H groups in total. The molecule has 100 valence electrons. The van der Waals surface area contributed by atoms with Crippen LogP contribution in [-0.4, -0.2) is 29.0 Å². The Morgan fingerprint density at radius 2 is 2.00 bits per heavy atom. The molecule has 0 atom stereocenters. The molecule has 2 heterocycles. The standard InChI is InChI=1S/C15H19N3O/c1-2-4-15(5-3-1)18-12-13(11-17-18)10-16-14-6-8-19-9-7-14/h1-5,11-12,14,16H,6-10H2. The van der Waals surface area contributed by atoms with E-state index in [-0.39, 0.29) is 0 Å². The number of aromatic nitrogens is 2. The second-order valence-electron chi connectivity index (χ2n) is 4.90. The molecule has 0 saturated carbocycles. The lowest BCUT2D eigenvalue weighted by atomic mass is 10.1. The molecule has 1 fully saturated rings. The molecule has 0 unspecified atom stereocenters. The number of rotatable bonds is 4. The van der Waals surface area contributed by atoms with Crippen LogP contribution >= 0.6 is 0 Å². The van der Waals surface area contributed by atoms with Gasteiger partial charge in [0.05, 0.1) is 11.9 Å². The van der Waals surface area contributed by atoms with Gasteiger partial charge in [-0.15, -0.1) is 0 Å². The van der Waals surface area contributed by atoms with Crippen molar-refractivity contribution < 1.29 is 4.74 Å². The van der Waals surface area contributed by atoms with Crippen LogP contribution in [0.25, 0.3) is 5.69 Å². The predicted molar refractivity (Wildman–Crippen MR) is 74.2 cm³/mol. The van der Waals surface area contributed by atoms with E-state index in [0.717, 1.165) is 38.3 Å². The van der Waals surface area contributed by atoms with Crippen LogP contribution in [0.5, 0.6) is 0 Å². The van der Waals surface area contributed by atoms with Crippen LogP contribution in [0.3, 0.4) is 0 Å². The van der Waals surface area contributed by atoms with Crippen molar-refractivity contribution in [1.82, 2.24) is 15.1 Å². The minimum Gasteiger partial charge on any atom is -0.381 e. The lowest BCUT2D eigenvalue weighted by Crippen LogP contribution is -2.34. The maximum atomic E-state index is 5.36. The summed E-state index contributed by atoms with van der Waals surface area (Å²) >= 11 is 0. The zero-order valence-electron chi connectivity index (χ0n) is 11.0. The van der Waals surface area contributed by atoms with Crippen LogP contribution in [0, 0.1) is 0 Å². The molecule has 0 amide bonds. The van der Waals surface area contributed by atoms with Gasteiger partial charge in [0.25, 0.3) is 0 Å². The average molecular weight is 257 g/mol. The Labute approximate surface area is 113 Å². The Kier molecular flexibility index (Phi) is 3.91. The summed E-state index contributed by atoms with van der Waals surface area (Å²) < 4.78 is 7.27. The number of hydrogen-bond donors (Lipinski definition) is 1. The van der Waals surface area contributed by atoms with Crippen molar-refractivity contribution in [3.05, 3.63) is 48.3 Å². The molecule has 1 saturated heterocycles. The average Bonchev–Trinajstić information content (AvgIpc) is 2.96. The van der Waals surface area contributed by atoms with Crippen molar-refractivity contribution in [3.63, 3.8) is 0 Å². The van der Waals surface area contributed by atoms with Crippen molar-refractivity contribution in [2.45, 2.75) is 25.4 Å². The van der Waals surface area contributed by atoms with E-state index in [9.17, 15) is 0 Å². The molecule has 0 bridgehead atoms. The normalized spacial score (nSPS) is 16.6. The van der Waals surface area contributed by atoms with E-state index < -0.39 is 0 Å². The van der Waals surface area contributed by atoms with Crippen LogP contribution in [0.2, 0.25) is 0 Å². The third-order valence-electron chi connectivity index (χ3n) is 3.47. The monoisotopic (exact) mass is 257 g/mol. The number of nitrogens with zero attached hydrogens (tertiary/aromatic N) is 2. The Hall–Kier alpha value is -1.65. The van der Waals surface area contributed by atoms with Gasteiger partial charge in [-0.05, 0) is 25.0 Å². The first-order valence-corrected chi connectivity index (χ1v) is 6.82. The van der Waals surface area contributed by atoms with Gasteiger partial charge >= 0.3 is 0 Å². The smallest absolute Gasteiger partial charge is 0.0645 e. The Morgan fingerprint density at radius 3 is 2.79 bits per heavy atom. The van der Waals surface area contributed by atoms with Gasteiger partial charge in [0.15, 0.2) is 0 Å². The van der Waals surface area contributed by atoms with Gasteiger partial charge in [-0.2, -0.15) is 5.10 Å². The second-order valence-corrected chi connectivity index (χ2v) is 4.90. The lowest BCUT2D eigenvalue weighted by molar-refractivity contribution is 0.0776. The zero-order valence-corrected chi connectivity index (χ0v) is 11.0. The first kappa shape index (κ1) is 12.4. The first-order valence-electron chi connectivity index (χ1n) is 6.82. The van der Waals surface area contributed by atoms with Crippen molar-refractivity contribution in [1.29, 1.82) is 0 Å². The minimum atomic E-state index is 0.578. The fourth-order valence-corrected chi connectivity index (χ4v) is 2.34. The Balaban J connectivity index is 1.59.